The zero-order chi connectivity index (χ0) is 17.4. The van der Waals surface area contributed by atoms with Gasteiger partial charge in [-0.25, -0.2) is 0 Å². The fraction of sp³-hybridized carbons (Fsp3) is 0.333. The van der Waals surface area contributed by atoms with Crippen LogP contribution >= 0.6 is 23.2 Å². The number of hydrogen-bond donors (Lipinski definition) is 0. The van der Waals surface area contributed by atoms with Crippen LogP contribution in [-0.2, 0) is 11.2 Å². The van der Waals surface area contributed by atoms with E-state index in [9.17, 15) is 4.79 Å². The molecule has 0 aliphatic carbocycles. The van der Waals surface area contributed by atoms with Crippen LogP contribution in [0, 0.1) is 0 Å². The lowest BCUT2D eigenvalue weighted by Crippen LogP contribution is -2.38. The van der Waals surface area contributed by atoms with Gasteiger partial charge in [-0.3, -0.25) is 9.78 Å². The highest BCUT2D eigenvalue weighted by atomic mass is 35.5. The minimum absolute atomic E-state index is 0.0407. The molecule has 130 valence electrons. The standard InChI is InChI=1S/C18H17Cl2N3O2/c19-14-1-2-15-12(17(14)20)4-6-23(15)18(24)13-3-5-21-11-16(13)22-7-9-25-10-8-22/h1-3,5,11H,4,6-10H2. The minimum atomic E-state index is -0.0407. The van der Waals surface area contributed by atoms with E-state index in [-0.39, 0.29) is 5.91 Å². The van der Waals surface area contributed by atoms with E-state index in [1.807, 2.05) is 6.07 Å². The number of halogens is 2. The summed E-state index contributed by atoms with van der Waals surface area (Å²) in [5, 5.41) is 1.06. The summed E-state index contributed by atoms with van der Waals surface area (Å²) in [4.78, 5) is 21.4. The van der Waals surface area contributed by atoms with Crippen molar-refractivity contribution in [1.29, 1.82) is 0 Å². The molecule has 0 atom stereocenters. The molecule has 0 N–H and O–H groups in total. The fourth-order valence-corrected chi connectivity index (χ4v) is 3.83. The first-order valence-electron chi connectivity index (χ1n) is 8.22. The van der Waals surface area contributed by atoms with E-state index in [4.69, 9.17) is 27.9 Å². The number of ether oxygens (including phenoxy) is 1. The number of carbonyl (C=O) groups excluding carboxylic acids is 1. The Morgan fingerprint density at radius 3 is 2.68 bits per heavy atom. The molecule has 1 aromatic heterocycles. The van der Waals surface area contributed by atoms with Crippen LogP contribution < -0.4 is 9.80 Å². The lowest BCUT2D eigenvalue weighted by molar-refractivity contribution is 0.0987. The summed E-state index contributed by atoms with van der Waals surface area (Å²) in [7, 11) is 0. The van der Waals surface area contributed by atoms with Gasteiger partial charge < -0.3 is 14.5 Å². The summed E-state index contributed by atoms with van der Waals surface area (Å²) in [6.45, 7) is 3.42. The van der Waals surface area contributed by atoms with E-state index in [2.05, 4.69) is 9.88 Å². The lowest BCUT2D eigenvalue weighted by Gasteiger charge is -2.30. The Labute approximate surface area is 156 Å². The van der Waals surface area contributed by atoms with Gasteiger partial charge in [-0.1, -0.05) is 23.2 Å². The van der Waals surface area contributed by atoms with E-state index in [0.717, 1.165) is 30.0 Å². The van der Waals surface area contributed by atoms with E-state index < -0.39 is 0 Å². The maximum absolute atomic E-state index is 13.2. The minimum Gasteiger partial charge on any atom is -0.378 e. The van der Waals surface area contributed by atoms with Crippen molar-refractivity contribution in [2.75, 3.05) is 42.6 Å². The SMILES string of the molecule is O=C(c1ccncc1N1CCOCC1)N1CCc2c1ccc(Cl)c2Cl. The molecule has 7 heteroatoms. The Morgan fingerprint density at radius 2 is 1.88 bits per heavy atom. The van der Waals surface area contributed by atoms with Gasteiger partial charge in [0.05, 0.1) is 40.7 Å². The molecule has 2 aliphatic heterocycles. The van der Waals surface area contributed by atoms with Crippen LogP contribution in [0.2, 0.25) is 10.0 Å². The number of rotatable bonds is 2. The average molecular weight is 378 g/mol. The summed E-state index contributed by atoms with van der Waals surface area (Å²) in [6, 6.07) is 5.39. The van der Waals surface area contributed by atoms with Crippen LogP contribution in [0.1, 0.15) is 15.9 Å². The first-order valence-corrected chi connectivity index (χ1v) is 8.98. The molecule has 1 fully saturated rings. The quantitative estimate of drug-likeness (QED) is 0.804. The second kappa shape index (κ2) is 6.83. The van der Waals surface area contributed by atoms with Gasteiger partial charge in [0.25, 0.3) is 5.91 Å². The third-order valence-electron chi connectivity index (χ3n) is 4.67. The first-order chi connectivity index (χ1) is 12.2. The van der Waals surface area contributed by atoms with Crippen LogP contribution in [0.5, 0.6) is 0 Å². The van der Waals surface area contributed by atoms with Crippen molar-refractivity contribution in [3.8, 4) is 0 Å². The van der Waals surface area contributed by atoms with Crippen molar-refractivity contribution < 1.29 is 9.53 Å². The van der Waals surface area contributed by atoms with E-state index >= 15 is 0 Å². The summed E-state index contributed by atoms with van der Waals surface area (Å²) in [5.41, 5.74) is 3.27. The van der Waals surface area contributed by atoms with Gasteiger partial charge in [0.2, 0.25) is 0 Å². The Balaban J connectivity index is 1.69. The first kappa shape index (κ1) is 16.6. The number of nitrogens with zero attached hydrogens (tertiary/aromatic N) is 3. The highest BCUT2D eigenvalue weighted by molar-refractivity contribution is 6.43. The third kappa shape index (κ3) is 2.97. The fourth-order valence-electron chi connectivity index (χ4n) is 3.40. The second-order valence-electron chi connectivity index (χ2n) is 6.06. The number of pyridine rings is 1. The highest BCUT2D eigenvalue weighted by Crippen LogP contribution is 2.39. The predicted molar refractivity (Wildman–Crippen MR) is 99.1 cm³/mol. The molecule has 2 aliphatic rings. The monoisotopic (exact) mass is 377 g/mol. The molecule has 1 aromatic carbocycles. The summed E-state index contributed by atoms with van der Waals surface area (Å²) in [5.74, 6) is -0.0407. The van der Waals surface area contributed by atoms with Crippen LogP contribution in [0.25, 0.3) is 0 Å². The predicted octanol–water partition coefficient (Wildman–Crippen LogP) is 3.43. The number of fused-ring (bicyclic) bond motifs is 1. The zero-order valence-electron chi connectivity index (χ0n) is 13.5. The van der Waals surface area contributed by atoms with Crippen LogP contribution in [0.4, 0.5) is 11.4 Å². The molecule has 1 amide bonds. The molecular weight excluding hydrogens is 361 g/mol. The number of carbonyl (C=O) groups is 1. The number of morpholine rings is 1. The van der Waals surface area contributed by atoms with E-state index in [1.54, 1.807) is 29.4 Å². The van der Waals surface area contributed by atoms with E-state index in [1.165, 1.54) is 0 Å². The molecule has 2 aromatic rings. The normalized spacial score (nSPS) is 16.9. The lowest BCUT2D eigenvalue weighted by atomic mass is 10.1. The van der Waals surface area contributed by atoms with Gasteiger partial charge >= 0.3 is 0 Å². The Morgan fingerprint density at radius 1 is 1.08 bits per heavy atom. The van der Waals surface area contributed by atoms with Crippen molar-refractivity contribution >= 4 is 40.5 Å². The third-order valence-corrected chi connectivity index (χ3v) is 5.52. The molecule has 0 bridgehead atoms. The van der Waals surface area contributed by atoms with Crippen molar-refractivity contribution in [3.63, 3.8) is 0 Å². The molecule has 25 heavy (non-hydrogen) atoms. The van der Waals surface area contributed by atoms with Crippen molar-refractivity contribution in [3.05, 3.63) is 51.8 Å². The molecule has 0 radical (unpaired) electrons. The Bertz CT molecular complexity index is 822. The van der Waals surface area contributed by atoms with Crippen molar-refractivity contribution in [2.45, 2.75) is 6.42 Å². The zero-order valence-corrected chi connectivity index (χ0v) is 15.1. The molecule has 0 spiro atoms. The number of amides is 1. The average Bonchev–Trinajstić information content (AvgIpc) is 3.09. The van der Waals surface area contributed by atoms with Crippen molar-refractivity contribution in [1.82, 2.24) is 4.98 Å². The summed E-state index contributed by atoms with van der Waals surface area (Å²) in [6.07, 6.45) is 4.12. The number of aromatic nitrogens is 1. The maximum atomic E-state index is 13.2. The van der Waals surface area contributed by atoms with E-state index in [0.29, 0.717) is 41.8 Å². The maximum Gasteiger partial charge on any atom is 0.260 e. The second-order valence-corrected chi connectivity index (χ2v) is 6.84. The summed E-state index contributed by atoms with van der Waals surface area (Å²) < 4.78 is 5.41. The topological polar surface area (TPSA) is 45.7 Å². The van der Waals surface area contributed by atoms with Gasteiger partial charge in [-0.05, 0) is 30.2 Å². The van der Waals surface area contributed by atoms with Crippen LogP contribution in [0.3, 0.4) is 0 Å². The van der Waals surface area contributed by atoms with Crippen molar-refractivity contribution in [2.24, 2.45) is 0 Å². The van der Waals surface area contributed by atoms with Gasteiger partial charge in [0, 0.05) is 31.5 Å². The van der Waals surface area contributed by atoms with Gasteiger partial charge in [0.15, 0.2) is 0 Å². The highest BCUT2D eigenvalue weighted by Gasteiger charge is 2.30. The molecule has 4 rings (SSSR count). The molecule has 5 nitrogen and oxygen atoms in total. The molecule has 0 saturated carbocycles. The molecule has 3 heterocycles. The van der Waals surface area contributed by atoms with Crippen LogP contribution in [-0.4, -0.2) is 43.7 Å². The Hall–Kier alpha value is -1.82. The summed E-state index contributed by atoms with van der Waals surface area (Å²) >= 11 is 12.4. The molecule has 0 unspecified atom stereocenters. The van der Waals surface area contributed by atoms with Crippen LogP contribution in [0.15, 0.2) is 30.6 Å². The Kier molecular flexibility index (Phi) is 4.54. The van der Waals surface area contributed by atoms with Gasteiger partial charge in [-0.15, -0.1) is 0 Å². The smallest absolute Gasteiger partial charge is 0.260 e. The number of hydrogen-bond acceptors (Lipinski definition) is 4. The number of anilines is 2. The number of benzene rings is 1. The largest absolute Gasteiger partial charge is 0.378 e. The molecular formula is C18H17Cl2N3O2. The molecule has 1 saturated heterocycles. The van der Waals surface area contributed by atoms with Gasteiger partial charge in [0.1, 0.15) is 0 Å². The van der Waals surface area contributed by atoms with Gasteiger partial charge in [-0.2, -0.15) is 0 Å².